The number of hydrogen-bond donors (Lipinski definition) is 1. The fraction of sp³-hybridized carbons (Fsp3) is 0.261. The quantitative estimate of drug-likeness (QED) is 0.386. The first-order valence-corrected chi connectivity index (χ1v) is 10.3. The van der Waals surface area contributed by atoms with Crippen molar-refractivity contribution < 1.29 is 22.8 Å². The standard InChI is InChI=1S/C23H21ClF3N3O2/c1-14-8-10-16(11-9-14)20(31)17-6-3-4-7-18(17)22(32)28-12-5-13-30-15(2)19(24)21(29-30)23(25,26)27/h3-4,6-11H,5,12-13H2,1-2H3,(H,28,32). The van der Waals surface area contributed by atoms with Gasteiger partial charge in [0.15, 0.2) is 11.5 Å². The van der Waals surface area contributed by atoms with E-state index in [1.165, 1.54) is 11.6 Å². The molecule has 168 valence electrons. The summed E-state index contributed by atoms with van der Waals surface area (Å²) < 4.78 is 39.9. The first-order valence-electron chi connectivity index (χ1n) is 9.88. The van der Waals surface area contributed by atoms with Crippen LogP contribution in [0.15, 0.2) is 48.5 Å². The second kappa shape index (κ2) is 9.56. The Balaban J connectivity index is 1.64. The summed E-state index contributed by atoms with van der Waals surface area (Å²) in [5.41, 5.74) is 1.09. The van der Waals surface area contributed by atoms with Crippen molar-refractivity contribution in [3.8, 4) is 0 Å². The van der Waals surface area contributed by atoms with Gasteiger partial charge in [0.2, 0.25) is 0 Å². The topological polar surface area (TPSA) is 64.0 Å². The number of rotatable bonds is 7. The molecule has 1 amide bonds. The number of ketones is 1. The number of aromatic nitrogens is 2. The van der Waals surface area contributed by atoms with Crippen molar-refractivity contribution in [2.24, 2.45) is 0 Å². The lowest BCUT2D eigenvalue weighted by Gasteiger charge is -2.10. The van der Waals surface area contributed by atoms with E-state index in [9.17, 15) is 22.8 Å². The van der Waals surface area contributed by atoms with Crippen LogP contribution in [0, 0.1) is 13.8 Å². The number of halogens is 4. The molecule has 0 fully saturated rings. The van der Waals surface area contributed by atoms with Gasteiger partial charge in [0.05, 0.1) is 16.3 Å². The van der Waals surface area contributed by atoms with Crippen LogP contribution in [0.4, 0.5) is 13.2 Å². The van der Waals surface area contributed by atoms with Crippen LogP contribution in [0.3, 0.4) is 0 Å². The lowest BCUT2D eigenvalue weighted by molar-refractivity contribution is -0.141. The molecular weight excluding hydrogens is 443 g/mol. The molecule has 3 rings (SSSR count). The minimum absolute atomic E-state index is 0.145. The third kappa shape index (κ3) is 5.19. The molecule has 0 aliphatic rings. The maximum Gasteiger partial charge on any atom is 0.436 e. The predicted molar refractivity (Wildman–Crippen MR) is 115 cm³/mol. The van der Waals surface area contributed by atoms with Crippen molar-refractivity contribution in [2.45, 2.75) is 33.0 Å². The third-order valence-electron chi connectivity index (χ3n) is 4.96. The zero-order chi connectivity index (χ0) is 23.5. The average Bonchev–Trinajstić information content (AvgIpc) is 3.05. The van der Waals surface area contributed by atoms with E-state index < -0.39 is 22.8 Å². The molecule has 1 heterocycles. The van der Waals surface area contributed by atoms with Gasteiger partial charge >= 0.3 is 6.18 Å². The summed E-state index contributed by atoms with van der Waals surface area (Å²) in [4.78, 5) is 25.5. The smallest absolute Gasteiger partial charge is 0.352 e. The van der Waals surface area contributed by atoms with Crippen LogP contribution < -0.4 is 5.32 Å². The first-order chi connectivity index (χ1) is 15.1. The first kappa shape index (κ1) is 23.5. The van der Waals surface area contributed by atoms with Gasteiger partial charge in [-0.15, -0.1) is 0 Å². The Morgan fingerprint density at radius 1 is 1.03 bits per heavy atom. The lowest BCUT2D eigenvalue weighted by atomic mass is 9.97. The van der Waals surface area contributed by atoms with E-state index >= 15 is 0 Å². The monoisotopic (exact) mass is 463 g/mol. The Hall–Kier alpha value is -3.13. The Kier molecular flexibility index (Phi) is 7.03. The maximum absolute atomic E-state index is 12.9. The van der Waals surface area contributed by atoms with Gasteiger partial charge in [0.1, 0.15) is 0 Å². The molecule has 0 aliphatic heterocycles. The van der Waals surface area contributed by atoms with Crippen LogP contribution >= 0.6 is 11.6 Å². The van der Waals surface area contributed by atoms with Crippen LogP contribution in [0.1, 0.15) is 49.7 Å². The molecule has 2 aromatic carbocycles. The van der Waals surface area contributed by atoms with Gasteiger partial charge in [-0.1, -0.05) is 59.6 Å². The number of hydrogen-bond acceptors (Lipinski definition) is 3. The highest BCUT2D eigenvalue weighted by atomic mass is 35.5. The van der Waals surface area contributed by atoms with Gasteiger partial charge in [0, 0.05) is 24.2 Å². The van der Waals surface area contributed by atoms with E-state index in [1.54, 1.807) is 36.4 Å². The molecule has 5 nitrogen and oxygen atoms in total. The van der Waals surface area contributed by atoms with Gasteiger partial charge in [-0.05, 0) is 26.3 Å². The summed E-state index contributed by atoms with van der Waals surface area (Å²) >= 11 is 5.74. The van der Waals surface area contributed by atoms with E-state index in [-0.39, 0.29) is 35.7 Å². The minimum atomic E-state index is -4.63. The second-order valence-corrected chi connectivity index (χ2v) is 7.70. The second-order valence-electron chi connectivity index (χ2n) is 7.32. The van der Waals surface area contributed by atoms with Gasteiger partial charge in [-0.25, -0.2) is 0 Å². The number of aryl methyl sites for hydroxylation is 2. The number of carbonyl (C=O) groups is 2. The van der Waals surface area contributed by atoms with Crippen molar-refractivity contribution >= 4 is 23.3 Å². The van der Waals surface area contributed by atoms with Crippen LogP contribution in [0.5, 0.6) is 0 Å². The number of carbonyl (C=O) groups excluding carboxylic acids is 2. The summed E-state index contributed by atoms with van der Waals surface area (Å²) in [6, 6.07) is 13.6. The molecular formula is C23H21ClF3N3O2. The number of benzene rings is 2. The van der Waals surface area contributed by atoms with Gasteiger partial charge in [0.25, 0.3) is 5.91 Å². The highest BCUT2D eigenvalue weighted by molar-refractivity contribution is 6.31. The summed E-state index contributed by atoms with van der Waals surface area (Å²) in [7, 11) is 0. The van der Waals surface area contributed by atoms with Crippen molar-refractivity contribution in [1.29, 1.82) is 0 Å². The Morgan fingerprint density at radius 2 is 1.66 bits per heavy atom. The fourth-order valence-electron chi connectivity index (χ4n) is 3.19. The largest absolute Gasteiger partial charge is 0.436 e. The molecule has 32 heavy (non-hydrogen) atoms. The molecule has 0 radical (unpaired) electrons. The number of nitrogens with zero attached hydrogens (tertiary/aromatic N) is 2. The average molecular weight is 464 g/mol. The van der Waals surface area contributed by atoms with Gasteiger partial charge < -0.3 is 5.32 Å². The molecule has 0 saturated heterocycles. The van der Waals surface area contributed by atoms with E-state index in [0.29, 0.717) is 12.0 Å². The highest BCUT2D eigenvalue weighted by Crippen LogP contribution is 2.35. The molecule has 1 aromatic heterocycles. The van der Waals surface area contributed by atoms with Crippen molar-refractivity contribution in [3.63, 3.8) is 0 Å². The zero-order valence-electron chi connectivity index (χ0n) is 17.5. The van der Waals surface area contributed by atoms with E-state index in [1.807, 2.05) is 19.1 Å². The van der Waals surface area contributed by atoms with E-state index in [0.717, 1.165) is 5.56 Å². The minimum Gasteiger partial charge on any atom is -0.352 e. The van der Waals surface area contributed by atoms with Crippen LogP contribution in [0.2, 0.25) is 5.02 Å². The van der Waals surface area contributed by atoms with Gasteiger partial charge in [-0.2, -0.15) is 18.3 Å². The Morgan fingerprint density at radius 3 is 2.25 bits per heavy atom. The lowest BCUT2D eigenvalue weighted by Crippen LogP contribution is -2.27. The summed E-state index contributed by atoms with van der Waals surface area (Å²) in [5, 5.41) is 5.82. The SMILES string of the molecule is Cc1ccc(C(=O)c2ccccc2C(=O)NCCCn2nc(C(F)(F)F)c(Cl)c2C)cc1. The van der Waals surface area contributed by atoms with Crippen LogP contribution in [-0.2, 0) is 12.7 Å². The summed E-state index contributed by atoms with van der Waals surface area (Å²) in [6.07, 6.45) is -4.30. The molecule has 3 aromatic rings. The summed E-state index contributed by atoms with van der Waals surface area (Å²) in [6.45, 7) is 3.70. The normalized spacial score (nSPS) is 11.4. The number of alkyl halides is 3. The van der Waals surface area contributed by atoms with E-state index in [4.69, 9.17) is 11.6 Å². The van der Waals surface area contributed by atoms with Gasteiger partial charge in [-0.3, -0.25) is 14.3 Å². The Bertz CT molecular complexity index is 1140. The molecule has 0 spiro atoms. The Labute approximate surface area is 188 Å². The van der Waals surface area contributed by atoms with Crippen molar-refractivity contribution in [3.05, 3.63) is 87.2 Å². The zero-order valence-corrected chi connectivity index (χ0v) is 18.2. The summed E-state index contributed by atoms with van der Waals surface area (Å²) in [5.74, 6) is -0.704. The molecule has 0 aliphatic carbocycles. The third-order valence-corrected chi connectivity index (χ3v) is 5.42. The molecule has 0 bridgehead atoms. The molecule has 0 saturated carbocycles. The van der Waals surface area contributed by atoms with Crippen LogP contribution in [-0.4, -0.2) is 28.0 Å². The maximum atomic E-state index is 12.9. The molecule has 9 heteroatoms. The van der Waals surface area contributed by atoms with Crippen molar-refractivity contribution in [1.82, 2.24) is 15.1 Å². The molecule has 1 N–H and O–H groups in total. The molecule has 0 unspecified atom stereocenters. The molecule has 0 atom stereocenters. The number of amides is 1. The van der Waals surface area contributed by atoms with Crippen LogP contribution in [0.25, 0.3) is 0 Å². The fourth-order valence-corrected chi connectivity index (χ4v) is 3.43. The predicted octanol–water partition coefficient (Wildman–Crippen LogP) is 5.22. The highest BCUT2D eigenvalue weighted by Gasteiger charge is 2.38. The van der Waals surface area contributed by atoms with E-state index in [2.05, 4.69) is 10.4 Å². The van der Waals surface area contributed by atoms with Crippen molar-refractivity contribution in [2.75, 3.05) is 6.54 Å². The number of nitrogens with one attached hydrogen (secondary N) is 1.